The van der Waals surface area contributed by atoms with E-state index in [1.54, 1.807) is 6.08 Å². The number of nitrogens with one attached hydrogen (secondary N) is 1. The monoisotopic (exact) mass is 954 g/mol. The molecule has 3 N–H and O–H groups in total. The summed E-state index contributed by atoms with van der Waals surface area (Å²) in [5.74, 6) is -0.110. The van der Waals surface area contributed by atoms with Crippen LogP contribution >= 0.6 is 0 Å². The number of aliphatic hydroxyl groups is 2. The van der Waals surface area contributed by atoms with Gasteiger partial charge in [-0.15, -0.1) is 0 Å². The molecule has 0 fully saturated rings. The van der Waals surface area contributed by atoms with Crippen LogP contribution in [0.2, 0.25) is 0 Å². The first-order chi connectivity index (χ1) is 33.5. The molecule has 0 aliphatic rings. The van der Waals surface area contributed by atoms with Gasteiger partial charge in [0.1, 0.15) is 0 Å². The maximum Gasteiger partial charge on any atom is 0.305 e. The predicted octanol–water partition coefficient (Wildman–Crippen LogP) is 18.6. The zero-order chi connectivity index (χ0) is 49.3. The van der Waals surface area contributed by atoms with Gasteiger partial charge in [0.25, 0.3) is 0 Å². The number of esters is 1. The third kappa shape index (κ3) is 53.2. The van der Waals surface area contributed by atoms with Gasteiger partial charge in [-0.2, -0.15) is 0 Å². The number of allylic oxidation sites excluding steroid dienone is 7. The van der Waals surface area contributed by atoms with E-state index in [9.17, 15) is 19.8 Å². The molecular weight excluding hydrogens is 839 g/mol. The molecule has 0 aromatic carbocycles. The van der Waals surface area contributed by atoms with E-state index >= 15 is 0 Å². The Hall–Kier alpha value is -2.18. The molecular formula is C62H115NO5. The van der Waals surface area contributed by atoms with Gasteiger partial charge in [0.2, 0.25) is 5.91 Å². The van der Waals surface area contributed by atoms with E-state index in [1.807, 2.05) is 6.08 Å². The van der Waals surface area contributed by atoms with Crippen molar-refractivity contribution in [2.45, 2.75) is 321 Å². The molecule has 68 heavy (non-hydrogen) atoms. The topological polar surface area (TPSA) is 95.9 Å². The summed E-state index contributed by atoms with van der Waals surface area (Å²) < 4.78 is 5.43. The third-order valence-electron chi connectivity index (χ3n) is 13.6. The number of ether oxygens (including phenoxy) is 1. The minimum Gasteiger partial charge on any atom is -0.466 e. The Balaban J connectivity index is 3.54. The quantitative estimate of drug-likeness (QED) is 0.0321. The van der Waals surface area contributed by atoms with Crippen molar-refractivity contribution in [3.63, 3.8) is 0 Å². The third-order valence-corrected chi connectivity index (χ3v) is 13.6. The number of carbonyl (C=O) groups excluding carboxylic acids is 2. The molecule has 6 nitrogen and oxygen atoms in total. The largest absolute Gasteiger partial charge is 0.466 e. The van der Waals surface area contributed by atoms with Gasteiger partial charge in [-0.25, -0.2) is 0 Å². The lowest BCUT2D eigenvalue weighted by Gasteiger charge is -2.20. The second-order valence-corrected chi connectivity index (χ2v) is 20.3. The van der Waals surface area contributed by atoms with E-state index in [0.29, 0.717) is 19.4 Å². The van der Waals surface area contributed by atoms with Crippen LogP contribution in [0, 0.1) is 0 Å². The number of rotatable bonds is 55. The molecule has 1 amide bonds. The van der Waals surface area contributed by atoms with Crippen LogP contribution in [0.4, 0.5) is 0 Å². The second-order valence-electron chi connectivity index (χ2n) is 20.3. The molecule has 2 unspecified atom stereocenters. The molecule has 0 aromatic heterocycles. The van der Waals surface area contributed by atoms with E-state index in [-0.39, 0.29) is 18.5 Å². The molecule has 398 valence electrons. The first-order valence-electron chi connectivity index (χ1n) is 29.9. The second kappa shape index (κ2) is 57.4. The maximum atomic E-state index is 12.5. The van der Waals surface area contributed by atoms with Crippen molar-refractivity contribution in [3.05, 3.63) is 48.6 Å². The highest BCUT2D eigenvalue weighted by Crippen LogP contribution is 2.17. The van der Waals surface area contributed by atoms with E-state index in [2.05, 4.69) is 55.6 Å². The van der Waals surface area contributed by atoms with Crippen LogP contribution in [0.3, 0.4) is 0 Å². The summed E-state index contributed by atoms with van der Waals surface area (Å²) in [6.45, 7) is 4.83. The van der Waals surface area contributed by atoms with Gasteiger partial charge in [0.05, 0.1) is 25.4 Å². The fraction of sp³-hybridized carbons (Fsp3) is 0.839. The van der Waals surface area contributed by atoms with Crippen molar-refractivity contribution in [1.29, 1.82) is 0 Å². The summed E-state index contributed by atoms with van der Waals surface area (Å²) in [6, 6.07) is -0.642. The summed E-state index contributed by atoms with van der Waals surface area (Å²) in [5, 5.41) is 23.2. The zero-order valence-electron chi connectivity index (χ0n) is 45.3. The van der Waals surface area contributed by atoms with Crippen molar-refractivity contribution < 1.29 is 24.5 Å². The number of aliphatic hydroxyl groups excluding tert-OH is 2. The Morgan fingerprint density at radius 3 is 1.18 bits per heavy atom. The molecule has 0 heterocycles. The van der Waals surface area contributed by atoms with Crippen LogP contribution in [-0.2, 0) is 14.3 Å². The number of amides is 1. The lowest BCUT2D eigenvalue weighted by Crippen LogP contribution is -2.45. The molecule has 0 saturated heterocycles. The van der Waals surface area contributed by atoms with Crippen LogP contribution < -0.4 is 5.32 Å². The summed E-state index contributed by atoms with van der Waals surface area (Å²) >= 11 is 0. The first kappa shape index (κ1) is 65.8. The Bertz CT molecular complexity index is 1150. The fourth-order valence-electron chi connectivity index (χ4n) is 8.94. The number of hydrogen-bond donors (Lipinski definition) is 3. The van der Waals surface area contributed by atoms with Gasteiger partial charge in [-0.1, -0.05) is 255 Å². The lowest BCUT2D eigenvalue weighted by atomic mass is 10.0. The lowest BCUT2D eigenvalue weighted by molar-refractivity contribution is -0.143. The van der Waals surface area contributed by atoms with Crippen molar-refractivity contribution in [1.82, 2.24) is 5.32 Å². The van der Waals surface area contributed by atoms with Crippen molar-refractivity contribution >= 4 is 11.9 Å². The summed E-state index contributed by atoms with van der Waals surface area (Å²) in [7, 11) is 0. The number of unbranched alkanes of at least 4 members (excludes halogenated alkanes) is 38. The number of carbonyl (C=O) groups is 2. The first-order valence-corrected chi connectivity index (χ1v) is 29.9. The predicted molar refractivity (Wildman–Crippen MR) is 296 cm³/mol. The summed E-state index contributed by atoms with van der Waals surface area (Å²) in [6.07, 6.45) is 72.9. The van der Waals surface area contributed by atoms with Crippen LogP contribution in [0.5, 0.6) is 0 Å². The van der Waals surface area contributed by atoms with Gasteiger partial charge in [-0.05, 0) is 89.9 Å². The highest BCUT2D eigenvalue weighted by molar-refractivity contribution is 5.76. The van der Waals surface area contributed by atoms with E-state index < -0.39 is 12.1 Å². The van der Waals surface area contributed by atoms with Gasteiger partial charge < -0.3 is 20.3 Å². The standard InChI is InChI=1S/C62H115NO5/c1-3-5-7-9-11-13-15-16-17-18-19-20-21-22-23-25-28-31-35-38-42-46-50-54-60(65)59(58-64)63-61(66)55-51-47-43-39-36-32-29-26-24-27-30-33-37-41-45-49-53-57-68-62(67)56-52-48-44-40-34-14-12-10-8-6-4-2/h10,12,24,27,33,37,50,54,59-60,64-65H,3-9,11,13-23,25-26,28-32,34-36,38-49,51-53,55-58H2,1-2H3,(H,63,66)/b12-10-,27-24-,37-33-,54-50+. The Morgan fingerprint density at radius 2 is 0.750 bits per heavy atom. The fourth-order valence-corrected chi connectivity index (χ4v) is 8.94. The highest BCUT2D eigenvalue weighted by Gasteiger charge is 2.18. The van der Waals surface area contributed by atoms with E-state index in [1.165, 1.54) is 199 Å². The van der Waals surface area contributed by atoms with Gasteiger partial charge in [0, 0.05) is 12.8 Å². The van der Waals surface area contributed by atoms with E-state index in [4.69, 9.17) is 4.74 Å². The van der Waals surface area contributed by atoms with Crippen LogP contribution in [0.15, 0.2) is 48.6 Å². The molecule has 0 bridgehead atoms. The molecule has 0 saturated carbocycles. The van der Waals surface area contributed by atoms with Crippen molar-refractivity contribution in [2.24, 2.45) is 0 Å². The van der Waals surface area contributed by atoms with Crippen LogP contribution in [0.1, 0.15) is 309 Å². The molecule has 0 radical (unpaired) electrons. The van der Waals surface area contributed by atoms with Gasteiger partial charge >= 0.3 is 5.97 Å². The van der Waals surface area contributed by atoms with Crippen molar-refractivity contribution in [2.75, 3.05) is 13.2 Å². The van der Waals surface area contributed by atoms with E-state index in [0.717, 1.165) is 83.5 Å². The minimum atomic E-state index is -0.857. The van der Waals surface area contributed by atoms with Crippen LogP contribution in [-0.4, -0.2) is 47.4 Å². The molecule has 2 atom stereocenters. The summed E-state index contributed by atoms with van der Waals surface area (Å²) in [5.41, 5.74) is 0. The number of hydrogen-bond acceptors (Lipinski definition) is 5. The summed E-state index contributed by atoms with van der Waals surface area (Å²) in [4.78, 5) is 24.5. The normalized spacial score (nSPS) is 12.9. The average molecular weight is 955 g/mol. The zero-order valence-corrected chi connectivity index (χ0v) is 45.3. The molecule has 0 aromatic rings. The molecule has 6 heteroatoms. The average Bonchev–Trinajstić information content (AvgIpc) is 3.34. The molecule has 0 aliphatic carbocycles. The Labute approximate surface area is 423 Å². The Kier molecular flexibility index (Phi) is 55.6. The van der Waals surface area contributed by atoms with Crippen molar-refractivity contribution in [3.8, 4) is 0 Å². The smallest absolute Gasteiger partial charge is 0.305 e. The van der Waals surface area contributed by atoms with Gasteiger partial charge in [-0.3, -0.25) is 9.59 Å². The maximum absolute atomic E-state index is 12.5. The van der Waals surface area contributed by atoms with Gasteiger partial charge in [0.15, 0.2) is 0 Å². The van der Waals surface area contributed by atoms with Crippen LogP contribution in [0.25, 0.3) is 0 Å². The highest BCUT2D eigenvalue weighted by atomic mass is 16.5. The molecule has 0 rings (SSSR count). The Morgan fingerprint density at radius 1 is 0.412 bits per heavy atom. The minimum absolute atomic E-state index is 0.0277. The molecule has 0 aliphatic heterocycles. The molecule has 0 spiro atoms. The SMILES string of the molecule is CCCC/C=C\CCCCCCCC(=O)OCCCCC/C=C\C/C=C\CCCCCCCCCC(=O)NC(CO)C(O)/C=C/CCCCCCCCCCCCCCCCCCCCCCC.